The van der Waals surface area contributed by atoms with E-state index in [1.807, 2.05) is 0 Å². The van der Waals surface area contributed by atoms with Crippen LogP contribution in [-0.2, 0) is 28.6 Å². The molecule has 0 spiro atoms. The average molecular weight is 903 g/mol. The molecular formula is C59H98O6. The number of carbonyl (C=O) groups excluding carboxylic acids is 3. The third-order valence-corrected chi connectivity index (χ3v) is 11.1. The van der Waals surface area contributed by atoms with Gasteiger partial charge in [-0.2, -0.15) is 0 Å². The second-order valence-electron chi connectivity index (χ2n) is 17.4. The molecule has 0 rings (SSSR count). The zero-order valence-electron chi connectivity index (χ0n) is 42.2. The van der Waals surface area contributed by atoms with Crippen molar-refractivity contribution in [1.29, 1.82) is 0 Å². The summed E-state index contributed by atoms with van der Waals surface area (Å²) >= 11 is 0. The number of carbonyl (C=O) groups is 3. The zero-order valence-corrected chi connectivity index (χ0v) is 42.2. The molecule has 0 aliphatic heterocycles. The highest BCUT2D eigenvalue weighted by Crippen LogP contribution is 2.14. The van der Waals surface area contributed by atoms with Gasteiger partial charge >= 0.3 is 17.9 Å². The van der Waals surface area contributed by atoms with Gasteiger partial charge < -0.3 is 14.2 Å². The topological polar surface area (TPSA) is 78.9 Å². The van der Waals surface area contributed by atoms with Gasteiger partial charge in [-0.25, -0.2) is 0 Å². The van der Waals surface area contributed by atoms with E-state index in [4.69, 9.17) is 14.2 Å². The van der Waals surface area contributed by atoms with Crippen LogP contribution in [0, 0.1) is 0 Å². The van der Waals surface area contributed by atoms with E-state index in [2.05, 4.69) is 118 Å². The zero-order chi connectivity index (χ0) is 47.2. The first-order valence-corrected chi connectivity index (χ1v) is 26.7. The summed E-state index contributed by atoms with van der Waals surface area (Å²) in [6, 6.07) is 0. The van der Waals surface area contributed by atoms with Crippen molar-refractivity contribution in [3.05, 3.63) is 97.2 Å². The van der Waals surface area contributed by atoms with Gasteiger partial charge in [0.2, 0.25) is 0 Å². The molecule has 0 bridgehead atoms. The molecule has 0 radical (unpaired) electrons. The molecule has 6 heteroatoms. The number of hydrogen-bond acceptors (Lipinski definition) is 6. The standard InChI is InChI=1S/C59H98O6/c1-4-7-10-13-16-19-22-25-28-29-32-35-38-41-44-47-50-53-59(62)65-56(54-63-57(60)51-48-45-42-39-36-33-30-26-23-20-17-14-11-8-5-2)55-64-58(61)52-49-46-43-40-37-34-31-27-24-21-18-15-12-9-6-3/h8-9,11-12,17-18,20-21,25-28,30-31,36,39,56H,4-7,10,13-16,19,22-24,29,32-35,37-38,40-55H2,1-3H3/b11-8-,12-9-,20-17-,21-18-,28-25-,30-26-,31-27-,39-36-/t56-/m1/s1. The van der Waals surface area contributed by atoms with Crippen molar-refractivity contribution >= 4 is 17.9 Å². The van der Waals surface area contributed by atoms with Crippen LogP contribution in [0.2, 0.25) is 0 Å². The third kappa shape index (κ3) is 51.2. The lowest BCUT2D eigenvalue weighted by Crippen LogP contribution is -2.30. The van der Waals surface area contributed by atoms with Gasteiger partial charge in [0, 0.05) is 19.3 Å². The summed E-state index contributed by atoms with van der Waals surface area (Å²) in [4.78, 5) is 38.0. The average Bonchev–Trinajstić information content (AvgIpc) is 3.30. The van der Waals surface area contributed by atoms with Crippen LogP contribution >= 0.6 is 0 Å². The van der Waals surface area contributed by atoms with Crippen molar-refractivity contribution in [2.24, 2.45) is 0 Å². The molecule has 0 aliphatic carbocycles. The Morgan fingerprint density at radius 3 is 0.985 bits per heavy atom. The van der Waals surface area contributed by atoms with Gasteiger partial charge in [0.15, 0.2) is 6.10 Å². The first-order valence-electron chi connectivity index (χ1n) is 26.7. The van der Waals surface area contributed by atoms with E-state index >= 15 is 0 Å². The second-order valence-corrected chi connectivity index (χ2v) is 17.4. The Morgan fingerprint density at radius 2 is 0.600 bits per heavy atom. The summed E-state index contributed by atoms with van der Waals surface area (Å²) < 4.78 is 16.8. The van der Waals surface area contributed by atoms with E-state index < -0.39 is 6.10 Å². The third-order valence-electron chi connectivity index (χ3n) is 11.1. The van der Waals surface area contributed by atoms with E-state index in [9.17, 15) is 14.4 Å². The lowest BCUT2D eigenvalue weighted by Gasteiger charge is -2.18. The molecular weight excluding hydrogens is 805 g/mol. The molecule has 6 nitrogen and oxygen atoms in total. The SMILES string of the molecule is CC/C=C\C/C=C\C/C=C\C/C=C\CCCCC(=O)OC[C@H](COC(=O)CCCCCCC/C=C\C/C=C\C/C=C\CC)OC(=O)CCCCCCCCC/C=C\CCCCCCCC. The maximum Gasteiger partial charge on any atom is 0.306 e. The number of rotatable bonds is 47. The molecule has 0 aliphatic rings. The Bertz CT molecular complexity index is 1310. The van der Waals surface area contributed by atoms with Crippen LogP contribution < -0.4 is 0 Å². The summed E-state index contributed by atoms with van der Waals surface area (Å²) in [6.07, 6.45) is 69.6. The van der Waals surface area contributed by atoms with Crippen molar-refractivity contribution in [1.82, 2.24) is 0 Å². The smallest absolute Gasteiger partial charge is 0.306 e. The Hall–Kier alpha value is -3.67. The monoisotopic (exact) mass is 903 g/mol. The predicted octanol–water partition coefficient (Wildman–Crippen LogP) is 17.8. The van der Waals surface area contributed by atoms with Crippen molar-refractivity contribution in [2.75, 3.05) is 13.2 Å². The molecule has 0 aromatic rings. The van der Waals surface area contributed by atoms with Gasteiger partial charge in [0.05, 0.1) is 0 Å². The minimum Gasteiger partial charge on any atom is -0.462 e. The maximum absolute atomic E-state index is 12.8. The van der Waals surface area contributed by atoms with E-state index in [0.717, 1.165) is 122 Å². The van der Waals surface area contributed by atoms with Gasteiger partial charge in [-0.15, -0.1) is 0 Å². The van der Waals surface area contributed by atoms with Gasteiger partial charge in [-0.3, -0.25) is 14.4 Å². The minimum atomic E-state index is -0.805. The van der Waals surface area contributed by atoms with Crippen LogP contribution in [0.25, 0.3) is 0 Å². The van der Waals surface area contributed by atoms with Crippen LogP contribution in [-0.4, -0.2) is 37.2 Å². The lowest BCUT2D eigenvalue weighted by atomic mass is 10.1. The van der Waals surface area contributed by atoms with Crippen LogP contribution in [0.15, 0.2) is 97.2 Å². The van der Waals surface area contributed by atoms with Crippen molar-refractivity contribution in [3.8, 4) is 0 Å². The second kappa shape index (κ2) is 52.9. The molecule has 0 saturated heterocycles. The summed E-state index contributed by atoms with van der Waals surface area (Å²) in [5.41, 5.74) is 0. The Kier molecular flexibility index (Phi) is 50.0. The molecule has 65 heavy (non-hydrogen) atoms. The van der Waals surface area contributed by atoms with Gasteiger partial charge in [0.25, 0.3) is 0 Å². The molecule has 0 amide bonds. The Morgan fingerprint density at radius 1 is 0.323 bits per heavy atom. The largest absolute Gasteiger partial charge is 0.462 e. The fourth-order valence-electron chi connectivity index (χ4n) is 7.09. The van der Waals surface area contributed by atoms with Crippen molar-refractivity contribution in [3.63, 3.8) is 0 Å². The number of ether oxygens (including phenoxy) is 3. The number of hydrogen-bond donors (Lipinski definition) is 0. The molecule has 0 aromatic carbocycles. The fourth-order valence-corrected chi connectivity index (χ4v) is 7.09. The number of allylic oxidation sites excluding steroid dienone is 16. The maximum atomic E-state index is 12.8. The van der Waals surface area contributed by atoms with Crippen molar-refractivity contribution in [2.45, 2.75) is 245 Å². The van der Waals surface area contributed by atoms with Gasteiger partial charge in [0.1, 0.15) is 13.2 Å². The minimum absolute atomic E-state index is 0.102. The molecule has 0 fully saturated rings. The molecule has 370 valence electrons. The van der Waals surface area contributed by atoms with Crippen LogP contribution in [0.3, 0.4) is 0 Å². The lowest BCUT2D eigenvalue weighted by molar-refractivity contribution is -0.167. The molecule has 0 heterocycles. The Labute approximate surface area is 400 Å². The van der Waals surface area contributed by atoms with Gasteiger partial charge in [-0.05, 0) is 116 Å². The van der Waals surface area contributed by atoms with Crippen LogP contribution in [0.1, 0.15) is 239 Å². The first-order chi connectivity index (χ1) is 32.0. The highest BCUT2D eigenvalue weighted by atomic mass is 16.6. The van der Waals surface area contributed by atoms with Crippen LogP contribution in [0.4, 0.5) is 0 Å². The Balaban J connectivity index is 4.49. The molecule has 1 atom stereocenters. The van der Waals surface area contributed by atoms with E-state index in [-0.39, 0.29) is 31.1 Å². The van der Waals surface area contributed by atoms with Crippen LogP contribution in [0.5, 0.6) is 0 Å². The quantitative estimate of drug-likeness (QED) is 0.0262. The first kappa shape index (κ1) is 61.3. The van der Waals surface area contributed by atoms with Crippen molar-refractivity contribution < 1.29 is 28.6 Å². The fraction of sp³-hybridized carbons (Fsp3) is 0.678. The number of esters is 3. The summed E-state index contributed by atoms with van der Waals surface area (Å²) in [6.45, 7) is 6.35. The van der Waals surface area contributed by atoms with E-state index in [0.29, 0.717) is 19.3 Å². The van der Waals surface area contributed by atoms with E-state index in [1.54, 1.807) is 0 Å². The summed E-state index contributed by atoms with van der Waals surface area (Å²) in [5, 5.41) is 0. The molecule has 0 unspecified atom stereocenters. The predicted molar refractivity (Wildman–Crippen MR) is 279 cm³/mol. The van der Waals surface area contributed by atoms with Gasteiger partial charge in [-0.1, -0.05) is 201 Å². The van der Waals surface area contributed by atoms with E-state index in [1.165, 1.54) is 77.0 Å². The molecule has 0 saturated carbocycles. The molecule has 0 N–H and O–H groups in total. The molecule has 0 aromatic heterocycles. The summed E-state index contributed by atoms with van der Waals surface area (Å²) in [5.74, 6) is -0.966. The highest BCUT2D eigenvalue weighted by Gasteiger charge is 2.19. The highest BCUT2D eigenvalue weighted by molar-refractivity contribution is 5.71. The summed E-state index contributed by atoms with van der Waals surface area (Å²) in [7, 11) is 0. The normalized spacial score (nSPS) is 12.8. The number of unbranched alkanes of at least 4 members (excludes halogenated alkanes) is 20.